The number of hydrogen-bond donors (Lipinski definition) is 4. The van der Waals surface area contributed by atoms with Crippen LogP contribution in [0.5, 0.6) is 0 Å². The molecule has 0 aliphatic heterocycles. The summed E-state index contributed by atoms with van der Waals surface area (Å²) in [5.74, 6) is -1.68. The van der Waals surface area contributed by atoms with Crippen LogP contribution in [0.4, 0.5) is 0 Å². The van der Waals surface area contributed by atoms with Crippen LogP contribution in [0.1, 0.15) is 20.7 Å². The molecule has 0 aliphatic carbocycles. The summed E-state index contributed by atoms with van der Waals surface area (Å²) in [6.45, 7) is -1.19. The highest BCUT2D eigenvalue weighted by atomic mass is 16.6. The topological polar surface area (TPSA) is 134 Å². The number of carbonyl (C=O) groups excluding carboxylic acids is 2. The molecule has 0 bridgehead atoms. The van der Waals surface area contributed by atoms with Crippen molar-refractivity contribution in [1.29, 1.82) is 0 Å². The zero-order valence-electron chi connectivity index (χ0n) is 10.3. The van der Waals surface area contributed by atoms with Gasteiger partial charge < -0.3 is 29.9 Å². The van der Waals surface area contributed by atoms with Crippen LogP contribution in [0.15, 0.2) is 24.3 Å². The number of aliphatic hydroxyl groups is 4. The van der Waals surface area contributed by atoms with Crippen LogP contribution >= 0.6 is 0 Å². The summed E-state index contributed by atoms with van der Waals surface area (Å²) in [5.41, 5.74) is 0.0364. The third-order valence-electron chi connectivity index (χ3n) is 2.06. The molecule has 0 atom stereocenters. The molecule has 0 radical (unpaired) electrons. The van der Waals surface area contributed by atoms with Crippen molar-refractivity contribution in [2.45, 2.75) is 12.6 Å². The Hall–Kier alpha value is -2.00. The highest BCUT2D eigenvalue weighted by Crippen LogP contribution is 2.09. The third-order valence-corrected chi connectivity index (χ3v) is 2.06. The van der Waals surface area contributed by atoms with E-state index < -0.39 is 37.7 Å². The molecule has 1 aromatic rings. The summed E-state index contributed by atoms with van der Waals surface area (Å²) in [6, 6.07) is 5.31. The normalized spacial score (nSPS) is 10.7. The molecule has 0 heterocycles. The smallest absolute Gasteiger partial charge is 0.338 e. The molecule has 0 fully saturated rings. The Kier molecular flexibility index (Phi) is 6.07. The van der Waals surface area contributed by atoms with Crippen molar-refractivity contribution in [3.8, 4) is 0 Å². The average Bonchev–Trinajstić information content (AvgIpc) is 2.42. The van der Waals surface area contributed by atoms with Gasteiger partial charge in [-0.1, -0.05) is 6.07 Å². The molecule has 0 amide bonds. The fraction of sp³-hybridized carbons (Fsp3) is 0.333. The van der Waals surface area contributed by atoms with E-state index in [1.54, 1.807) is 0 Å². The van der Waals surface area contributed by atoms with Gasteiger partial charge in [-0.2, -0.15) is 0 Å². The Morgan fingerprint density at radius 1 is 0.900 bits per heavy atom. The van der Waals surface area contributed by atoms with Crippen molar-refractivity contribution < 1.29 is 39.5 Å². The maximum absolute atomic E-state index is 11.5. The summed E-state index contributed by atoms with van der Waals surface area (Å²) in [5, 5.41) is 34.3. The van der Waals surface area contributed by atoms with Gasteiger partial charge in [0.1, 0.15) is 13.2 Å². The molecule has 8 nitrogen and oxygen atoms in total. The highest BCUT2D eigenvalue weighted by molar-refractivity contribution is 5.95. The molecule has 110 valence electrons. The molecule has 0 saturated carbocycles. The van der Waals surface area contributed by atoms with E-state index in [1.807, 2.05) is 0 Å². The van der Waals surface area contributed by atoms with E-state index in [9.17, 15) is 9.59 Å². The fourth-order valence-electron chi connectivity index (χ4n) is 1.24. The van der Waals surface area contributed by atoms with Gasteiger partial charge in [0, 0.05) is 0 Å². The van der Waals surface area contributed by atoms with Crippen LogP contribution in [0.25, 0.3) is 0 Å². The van der Waals surface area contributed by atoms with Gasteiger partial charge in [-0.15, -0.1) is 0 Å². The average molecular weight is 286 g/mol. The lowest BCUT2D eigenvalue weighted by molar-refractivity contribution is -0.0813. The second-order valence-corrected chi connectivity index (χ2v) is 3.74. The van der Waals surface area contributed by atoms with E-state index in [0.29, 0.717) is 0 Å². The van der Waals surface area contributed by atoms with Crippen molar-refractivity contribution in [2.75, 3.05) is 13.2 Å². The summed E-state index contributed by atoms with van der Waals surface area (Å²) < 4.78 is 9.10. The first-order valence-electron chi connectivity index (χ1n) is 5.56. The fourth-order valence-corrected chi connectivity index (χ4v) is 1.24. The van der Waals surface area contributed by atoms with Gasteiger partial charge in [-0.3, -0.25) is 0 Å². The Bertz CT molecular complexity index is 429. The van der Waals surface area contributed by atoms with Crippen LogP contribution in [0, 0.1) is 0 Å². The molecule has 1 rings (SSSR count). The SMILES string of the molecule is O=C(OCC(O)O)c1cccc(C(=O)OCC(O)O)c1. The Morgan fingerprint density at radius 2 is 1.30 bits per heavy atom. The second kappa shape index (κ2) is 7.56. The summed E-state index contributed by atoms with van der Waals surface area (Å²) in [4.78, 5) is 23.0. The molecule has 0 unspecified atom stereocenters. The number of carbonyl (C=O) groups is 2. The quantitative estimate of drug-likeness (QED) is 0.371. The highest BCUT2D eigenvalue weighted by Gasteiger charge is 2.14. The minimum absolute atomic E-state index is 0.0182. The van der Waals surface area contributed by atoms with Crippen molar-refractivity contribution in [1.82, 2.24) is 0 Å². The first-order chi connectivity index (χ1) is 9.40. The lowest BCUT2D eigenvalue weighted by Gasteiger charge is -2.08. The molecule has 20 heavy (non-hydrogen) atoms. The molecule has 4 N–H and O–H groups in total. The number of ether oxygens (including phenoxy) is 2. The van der Waals surface area contributed by atoms with E-state index in [-0.39, 0.29) is 11.1 Å². The van der Waals surface area contributed by atoms with E-state index in [1.165, 1.54) is 24.3 Å². The number of hydrogen-bond acceptors (Lipinski definition) is 8. The molecular weight excluding hydrogens is 272 g/mol. The minimum atomic E-state index is -1.78. The zero-order valence-corrected chi connectivity index (χ0v) is 10.3. The number of rotatable bonds is 6. The van der Waals surface area contributed by atoms with Gasteiger partial charge in [0.15, 0.2) is 12.6 Å². The van der Waals surface area contributed by atoms with Crippen LogP contribution in [-0.2, 0) is 9.47 Å². The molecular formula is C12H14O8. The largest absolute Gasteiger partial charge is 0.457 e. The molecule has 0 aliphatic rings. The van der Waals surface area contributed by atoms with Gasteiger partial charge in [0.25, 0.3) is 0 Å². The summed E-state index contributed by atoms with van der Waals surface area (Å²) in [6.07, 6.45) is -3.56. The van der Waals surface area contributed by atoms with Gasteiger partial charge in [0.05, 0.1) is 11.1 Å². The maximum Gasteiger partial charge on any atom is 0.338 e. The predicted molar refractivity (Wildman–Crippen MR) is 63.5 cm³/mol. The van der Waals surface area contributed by atoms with Crippen LogP contribution < -0.4 is 0 Å². The van der Waals surface area contributed by atoms with E-state index in [2.05, 4.69) is 9.47 Å². The maximum atomic E-state index is 11.5. The molecule has 0 spiro atoms. The van der Waals surface area contributed by atoms with Gasteiger partial charge >= 0.3 is 11.9 Å². The van der Waals surface area contributed by atoms with Gasteiger partial charge in [0.2, 0.25) is 0 Å². The Labute approximate surface area is 113 Å². The van der Waals surface area contributed by atoms with Crippen molar-refractivity contribution in [3.05, 3.63) is 35.4 Å². The predicted octanol–water partition coefficient (Wildman–Crippen LogP) is -1.38. The van der Waals surface area contributed by atoms with Crippen LogP contribution in [0.3, 0.4) is 0 Å². The van der Waals surface area contributed by atoms with Gasteiger partial charge in [-0.25, -0.2) is 9.59 Å². The molecule has 8 heteroatoms. The first-order valence-corrected chi connectivity index (χ1v) is 5.56. The van der Waals surface area contributed by atoms with Crippen molar-refractivity contribution >= 4 is 11.9 Å². The van der Waals surface area contributed by atoms with Crippen LogP contribution in [-0.4, -0.2) is 58.2 Å². The minimum Gasteiger partial charge on any atom is -0.457 e. The zero-order chi connectivity index (χ0) is 15.1. The Balaban J connectivity index is 2.70. The lowest BCUT2D eigenvalue weighted by atomic mass is 10.1. The van der Waals surface area contributed by atoms with E-state index in [4.69, 9.17) is 20.4 Å². The molecule has 0 aromatic heterocycles. The number of benzene rings is 1. The third kappa shape index (κ3) is 5.33. The van der Waals surface area contributed by atoms with Crippen LogP contribution in [0.2, 0.25) is 0 Å². The van der Waals surface area contributed by atoms with Gasteiger partial charge in [-0.05, 0) is 18.2 Å². The summed E-state index contributed by atoms with van der Waals surface area (Å²) >= 11 is 0. The van der Waals surface area contributed by atoms with Crippen molar-refractivity contribution in [2.24, 2.45) is 0 Å². The van der Waals surface area contributed by atoms with Crippen molar-refractivity contribution in [3.63, 3.8) is 0 Å². The first kappa shape index (κ1) is 16.1. The monoisotopic (exact) mass is 286 g/mol. The second-order valence-electron chi connectivity index (χ2n) is 3.74. The van der Waals surface area contributed by atoms with E-state index >= 15 is 0 Å². The number of esters is 2. The van der Waals surface area contributed by atoms with E-state index in [0.717, 1.165) is 0 Å². The molecule has 0 saturated heterocycles. The molecule has 1 aromatic carbocycles. The summed E-state index contributed by atoms with van der Waals surface area (Å²) in [7, 11) is 0. The number of aliphatic hydroxyl groups excluding tert-OH is 2. The Morgan fingerprint density at radius 3 is 1.65 bits per heavy atom. The lowest BCUT2D eigenvalue weighted by Crippen LogP contribution is -2.19. The standard InChI is InChI=1S/C12H14O8/c13-9(14)5-19-11(17)7-2-1-3-8(4-7)12(18)20-6-10(15)16/h1-4,9-10,13-16H,5-6H2.